The average Bonchev–Trinajstić information content (AvgIpc) is 2.06. The quantitative estimate of drug-likeness (QED) is 0.691. The Hall–Kier alpha value is -0.320. The van der Waals surface area contributed by atoms with Gasteiger partial charge in [0.15, 0.2) is 0 Å². The summed E-state index contributed by atoms with van der Waals surface area (Å²) in [6.45, 7) is 0. The van der Waals surface area contributed by atoms with Crippen LogP contribution in [0.4, 0.5) is 13.2 Å². The summed E-state index contributed by atoms with van der Waals surface area (Å²) < 4.78 is 36.7. The number of phenolic OH excluding ortho intramolecular Hbond substituents is 1. The lowest BCUT2D eigenvalue weighted by molar-refractivity contribution is -0.137. The summed E-state index contributed by atoms with van der Waals surface area (Å²) in [7, 11) is 0. The van der Waals surface area contributed by atoms with Crippen molar-refractivity contribution in [3.05, 3.63) is 26.7 Å². The Morgan fingerprint density at radius 1 is 1.00 bits per heavy atom. The molecule has 0 aliphatic rings. The zero-order chi connectivity index (χ0) is 11.1. The molecule has 7 heteroatoms. The lowest BCUT2D eigenvalue weighted by Gasteiger charge is -2.11. The van der Waals surface area contributed by atoms with E-state index in [9.17, 15) is 13.2 Å². The molecule has 0 saturated carbocycles. The predicted molar refractivity (Wildman–Crippen MR) is 48.1 cm³/mol. The van der Waals surface area contributed by atoms with E-state index < -0.39 is 32.6 Å². The molecule has 1 rings (SSSR count). The number of halogens is 6. The molecule has 0 bridgehead atoms. The highest BCUT2D eigenvalue weighted by atomic mass is 35.5. The van der Waals surface area contributed by atoms with Crippen LogP contribution in [0, 0.1) is 0 Å². The van der Waals surface area contributed by atoms with Crippen molar-refractivity contribution >= 4 is 34.8 Å². The van der Waals surface area contributed by atoms with E-state index in [4.69, 9.17) is 39.9 Å². The normalized spacial score (nSPS) is 11.9. The Morgan fingerprint density at radius 2 is 1.50 bits per heavy atom. The monoisotopic (exact) mass is 264 g/mol. The fourth-order valence-corrected chi connectivity index (χ4v) is 1.45. The van der Waals surface area contributed by atoms with Crippen LogP contribution in [-0.4, -0.2) is 5.11 Å². The molecule has 0 spiro atoms. The van der Waals surface area contributed by atoms with Crippen molar-refractivity contribution in [2.75, 3.05) is 0 Å². The minimum absolute atomic E-state index is 0.398. The van der Waals surface area contributed by atoms with Crippen molar-refractivity contribution < 1.29 is 18.3 Å². The van der Waals surface area contributed by atoms with E-state index in [1.54, 1.807) is 0 Å². The maximum Gasteiger partial charge on any atom is 0.418 e. The van der Waals surface area contributed by atoms with Gasteiger partial charge in [0.25, 0.3) is 0 Å². The van der Waals surface area contributed by atoms with Gasteiger partial charge in [-0.3, -0.25) is 0 Å². The molecule has 0 unspecified atom stereocenters. The molecule has 1 aromatic rings. The standard InChI is InChI=1S/C7H2Cl3F3O/c8-4-2(7(11,12)13)1-3(14)5(9)6(4)10/h1,14H. The van der Waals surface area contributed by atoms with E-state index >= 15 is 0 Å². The third-order valence-electron chi connectivity index (χ3n) is 1.43. The smallest absolute Gasteiger partial charge is 0.418 e. The Bertz CT molecular complexity index is 375. The third-order valence-corrected chi connectivity index (χ3v) is 2.78. The second-order valence-corrected chi connectivity index (χ2v) is 3.52. The van der Waals surface area contributed by atoms with E-state index in [0.29, 0.717) is 6.07 Å². The van der Waals surface area contributed by atoms with Crippen LogP contribution in [0.3, 0.4) is 0 Å². The van der Waals surface area contributed by atoms with Gasteiger partial charge in [0.1, 0.15) is 10.8 Å². The molecule has 1 nitrogen and oxygen atoms in total. The number of hydrogen-bond donors (Lipinski definition) is 1. The van der Waals surface area contributed by atoms with E-state index in [2.05, 4.69) is 0 Å². The van der Waals surface area contributed by atoms with E-state index in [1.165, 1.54) is 0 Å². The van der Waals surface area contributed by atoms with Crippen molar-refractivity contribution in [3.63, 3.8) is 0 Å². The molecule has 0 radical (unpaired) electrons. The van der Waals surface area contributed by atoms with Crippen molar-refractivity contribution in [3.8, 4) is 5.75 Å². The SMILES string of the molecule is Oc1cc(C(F)(F)F)c(Cl)c(Cl)c1Cl. The van der Waals surface area contributed by atoms with Crippen LogP contribution in [0.1, 0.15) is 5.56 Å². The predicted octanol–water partition coefficient (Wildman–Crippen LogP) is 4.37. The summed E-state index contributed by atoms with van der Waals surface area (Å²) >= 11 is 16.0. The largest absolute Gasteiger partial charge is 0.506 e. The first-order valence-corrected chi connectivity index (χ1v) is 4.32. The Morgan fingerprint density at radius 3 is 1.93 bits per heavy atom. The van der Waals surface area contributed by atoms with Crippen molar-refractivity contribution in [2.45, 2.75) is 6.18 Å². The van der Waals surface area contributed by atoms with Crippen LogP contribution >= 0.6 is 34.8 Å². The number of alkyl halides is 3. The molecule has 0 fully saturated rings. The number of benzene rings is 1. The number of phenols is 1. The minimum Gasteiger partial charge on any atom is -0.506 e. The van der Waals surface area contributed by atoms with Crippen LogP contribution in [-0.2, 0) is 6.18 Å². The first-order valence-electron chi connectivity index (χ1n) is 3.18. The van der Waals surface area contributed by atoms with E-state index in [1.807, 2.05) is 0 Å². The molecule has 1 aromatic carbocycles. The maximum absolute atomic E-state index is 12.2. The van der Waals surface area contributed by atoms with Gasteiger partial charge in [0.2, 0.25) is 0 Å². The number of rotatable bonds is 0. The summed E-state index contributed by atoms with van der Waals surface area (Å²) in [6, 6.07) is 0.427. The Balaban J connectivity index is 3.49. The highest BCUT2D eigenvalue weighted by molar-refractivity contribution is 6.48. The van der Waals surface area contributed by atoms with Gasteiger partial charge >= 0.3 is 6.18 Å². The Kier molecular flexibility index (Phi) is 3.09. The second kappa shape index (κ2) is 3.68. The molecular formula is C7H2Cl3F3O. The van der Waals surface area contributed by atoms with E-state index in [-0.39, 0.29) is 0 Å². The van der Waals surface area contributed by atoms with Crippen LogP contribution in [0.15, 0.2) is 6.07 Å². The molecule has 0 atom stereocenters. The minimum atomic E-state index is -4.68. The molecule has 0 saturated heterocycles. The number of aromatic hydroxyl groups is 1. The molecule has 0 aromatic heterocycles. The van der Waals surface area contributed by atoms with Crippen LogP contribution in [0.2, 0.25) is 15.1 Å². The van der Waals surface area contributed by atoms with Gasteiger partial charge in [-0.1, -0.05) is 34.8 Å². The summed E-state index contributed by atoms with van der Waals surface area (Å²) in [6.07, 6.45) is -4.68. The van der Waals surface area contributed by atoms with Gasteiger partial charge in [-0.05, 0) is 6.07 Å². The van der Waals surface area contributed by atoms with Crippen LogP contribution in [0.25, 0.3) is 0 Å². The highest BCUT2D eigenvalue weighted by Gasteiger charge is 2.35. The number of hydrogen-bond acceptors (Lipinski definition) is 1. The van der Waals surface area contributed by atoms with Gasteiger partial charge in [-0.25, -0.2) is 0 Å². The average molecular weight is 265 g/mol. The first-order chi connectivity index (χ1) is 6.25. The van der Waals surface area contributed by atoms with Crippen molar-refractivity contribution in [2.24, 2.45) is 0 Å². The molecule has 1 N–H and O–H groups in total. The van der Waals surface area contributed by atoms with E-state index in [0.717, 1.165) is 0 Å². The summed E-state index contributed by atoms with van der Waals surface area (Å²) in [5, 5.41) is 7.36. The lowest BCUT2D eigenvalue weighted by atomic mass is 10.2. The topological polar surface area (TPSA) is 20.2 Å². The summed E-state index contributed by atoms with van der Waals surface area (Å²) in [5.41, 5.74) is -1.22. The van der Waals surface area contributed by atoms with Crippen molar-refractivity contribution in [1.29, 1.82) is 0 Å². The highest BCUT2D eigenvalue weighted by Crippen LogP contribution is 2.44. The summed E-state index contributed by atoms with van der Waals surface area (Å²) in [5.74, 6) is -0.756. The van der Waals surface area contributed by atoms with Crippen LogP contribution in [0.5, 0.6) is 5.75 Å². The van der Waals surface area contributed by atoms with Gasteiger partial charge in [0.05, 0.1) is 15.6 Å². The van der Waals surface area contributed by atoms with Gasteiger partial charge in [0, 0.05) is 0 Å². The second-order valence-electron chi connectivity index (χ2n) is 2.38. The zero-order valence-electron chi connectivity index (χ0n) is 6.29. The fourth-order valence-electron chi connectivity index (χ4n) is 0.797. The maximum atomic E-state index is 12.2. The molecule has 78 valence electrons. The fraction of sp³-hybridized carbons (Fsp3) is 0.143. The molecule has 0 heterocycles. The van der Waals surface area contributed by atoms with Gasteiger partial charge in [-0.2, -0.15) is 13.2 Å². The molecular weight excluding hydrogens is 263 g/mol. The van der Waals surface area contributed by atoms with Gasteiger partial charge in [-0.15, -0.1) is 0 Å². The first kappa shape index (κ1) is 11.8. The van der Waals surface area contributed by atoms with Gasteiger partial charge < -0.3 is 5.11 Å². The molecule has 0 aliphatic heterocycles. The zero-order valence-corrected chi connectivity index (χ0v) is 8.56. The third kappa shape index (κ3) is 2.02. The lowest BCUT2D eigenvalue weighted by Crippen LogP contribution is -2.06. The Labute approximate surface area is 92.0 Å². The molecule has 0 aliphatic carbocycles. The van der Waals surface area contributed by atoms with Crippen molar-refractivity contribution in [1.82, 2.24) is 0 Å². The summed E-state index contributed by atoms with van der Waals surface area (Å²) in [4.78, 5) is 0. The molecule has 14 heavy (non-hydrogen) atoms. The van der Waals surface area contributed by atoms with Crippen LogP contribution < -0.4 is 0 Å². The molecule has 0 amide bonds.